The molecule has 1 fully saturated rings. The van der Waals surface area contributed by atoms with E-state index in [0.717, 1.165) is 44.9 Å². The van der Waals surface area contributed by atoms with E-state index in [1.54, 1.807) is 7.05 Å². The minimum Gasteiger partial charge on any atom is -0.466 e. The molecule has 1 aliphatic rings. The Bertz CT molecular complexity index is 532. The summed E-state index contributed by atoms with van der Waals surface area (Å²) in [6.07, 6.45) is 6.46. The number of hydrogen-bond acceptors (Lipinski definition) is 4. The number of rotatable bonds is 5. The van der Waals surface area contributed by atoms with Gasteiger partial charge in [-0.3, -0.25) is 14.5 Å². The van der Waals surface area contributed by atoms with Crippen molar-refractivity contribution in [1.82, 2.24) is 20.0 Å². The first-order valence-corrected chi connectivity index (χ1v) is 8.23. The zero-order chi connectivity index (χ0) is 16.7. The Morgan fingerprint density at radius 2 is 2.22 bits per heavy atom. The van der Waals surface area contributed by atoms with Crippen LogP contribution < -0.4 is 5.32 Å². The fourth-order valence-corrected chi connectivity index (χ4v) is 2.84. The molecular formula is C16H27N5O2. The number of hydrogen-bond donors (Lipinski definition) is 1. The highest BCUT2D eigenvalue weighted by molar-refractivity contribution is 5.80. The number of aliphatic imine (C=N–C) groups is 1. The number of nitrogens with zero attached hydrogens (tertiary/aromatic N) is 4. The molecule has 2 rings (SSSR count). The molecule has 0 aromatic carbocycles. The highest BCUT2D eigenvalue weighted by Gasteiger charge is 2.27. The molecule has 0 atom stereocenters. The first-order chi connectivity index (χ1) is 11.1. The molecule has 1 aliphatic heterocycles. The molecule has 0 amide bonds. The summed E-state index contributed by atoms with van der Waals surface area (Å²) >= 11 is 0. The predicted octanol–water partition coefficient (Wildman–Crippen LogP) is 0.813. The Balaban J connectivity index is 1.75. The van der Waals surface area contributed by atoms with E-state index in [4.69, 9.17) is 4.74 Å². The maximum absolute atomic E-state index is 11.8. The summed E-state index contributed by atoms with van der Waals surface area (Å²) in [5, 5.41) is 7.56. The fourth-order valence-electron chi connectivity index (χ4n) is 2.84. The normalized spacial score (nSPS) is 16.5. The molecule has 7 heteroatoms. The average molecular weight is 321 g/mol. The van der Waals surface area contributed by atoms with E-state index in [2.05, 4.69) is 20.3 Å². The minimum absolute atomic E-state index is 0.0275. The van der Waals surface area contributed by atoms with Crippen molar-refractivity contribution in [2.45, 2.75) is 26.2 Å². The van der Waals surface area contributed by atoms with Crippen molar-refractivity contribution in [2.24, 2.45) is 18.0 Å². The van der Waals surface area contributed by atoms with Gasteiger partial charge in [0.1, 0.15) is 0 Å². The average Bonchev–Trinajstić information content (AvgIpc) is 2.97. The van der Waals surface area contributed by atoms with Crippen molar-refractivity contribution in [3.05, 3.63) is 18.0 Å². The molecular weight excluding hydrogens is 294 g/mol. The highest BCUT2D eigenvalue weighted by Crippen LogP contribution is 2.18. The van der Waals surface area contributed by atoms with Crippen LogP contribution in [0.5, 0.6) is 0 Å². The number of piperidine rings is 1. The van der Waals surface area contributed by atoms with E-state index < -0.39 is 0 Å². The van der Waals surface area contributed by atoms with Gasteiger partial charge in [0.2, 0.25) is 0 Å². The van der Waals surface area contributed by atoms with Crippen LogP contribution in [0, 0.1) is 5.92 Å². The molecule has 1 N–H and O–H groups in total. The van der Waals surface area contributed by atoms with Crippen LogP contribution in [0.4, 0.5) is 0 Å². The summed E-state index contributed by atoms with van der Waals surface area (Å²) in [5.41, 5.74) is 1.21. The van der Waals surface area contributed by atoms with Crippen molar-refractivity contribution in [3.8, 4) is 0 Å². The topological polar surface area (TPSA) is 71.8 Å². The summed E-state index contributed by atoms with van der Waals surface area (Å²) in [7, 11) is 3.72. The van der Waals surface area contributed by atoms with Crippen molar-refractivity contribution in [3.63, 3.8) is 0 Å². The Morgan fingerprint density at radius 1 is 1.48 bits per heavy atom. The molecule has 0 bridgehead atoms. The molecule has 1 aromatic rings. The maximum Gasteiger partial charge on any atom is 0.309 e. The molecule has 2 heterocycles. The van der Waals surface area contributed by atoms with Crippen LogP contribution in [0.3, 0.4) is 0 Å². The SMILES string of the molecule is CCOC(=O)C1CCN(C(=NC)NCCc2cnn(C)c2)CC1. The number of carbonyl (C=O) groups excluding carboxylic acids is 1. The van der Waals surface area contributed by atoms with Crippen molar-refractivity contribution in [2.75, 3.05) is 33.3 Å². The summed E-state index contributed by atoms with van der Waals surface area (Å²) in [6.45, 7) is 4.78. The number of aryl methyl sites for hydroxylation is 1. The first kappa shape index (κ1) is 17.3. The summed E-state index contributed by atoms with van der Waals surface area (Å²) < 4.78 is 6.92. The molecule has 7 nitrogen and oxygen atoms in total. The summed E-state index contributed by atoms with van der Waals surface area (Å²) in [6, 6.07) is 0. The number of likely N-dealkylation sites (tertiary alicyclic amines) is 1. The van der Waals surface area contributed by atoms with E-state index >= 15 is 0 Å². The Hall–Kier alpha value is -2.05. The molecule has 0 saturated carbocycles. The molecule has 23 heavy (non-hydrogen) atoms. The van der Waals surface area contributed by atoms with E-state index in [9.17, 15) is 4.79 Å². The lowest BCUT2D eigenvalue weighted by Crippen LogP contribution is -2.47. The first-order valence-electron chi connectivity index (χ1n) is 8.23. The van der Waals surface area contributed by atoms with Crippen molar-refractivity contribution >= 4 is 11.9 Å². The monoisotopic (exact) mass is 321 g/mol. The van der Waals surface area contributed by atoms with E-state index in [1.807, 2.05) is 31.0 Å². The van der Waals surface area contributed by atoms with Gasteiger partial charge in [-0.1, -0.05) is 0 Å². The predicted molar refractivity (Wildman–Crippen MR) is 89.2 cm³/mol. The van der Waals surface area contributed by atoms with Gasteiger partial charge in [0.25, 0.3) is 0 Å². The molecule has 1 aromatic heterocycles. The Morgan fingerprint density at radius 3 is 2.78 bits per heavy atom. The second kappa shape index (κ2) is 8.55. The number of guanidine groups is 1. The van der Waals surface area contributed by atoms with Crippen LogP contribution in [0.15, 0.2) is 17.4 Å². The van der Waals surface area contributed by atoms with Gasteiger partial charge >= 0.3 is 5.97 Å². The maximum atomic E-state index is 11.8. The lowest BCUT2D eigenvalue weighted by atomic mass is 9.97. The zero-order valence-electron chi connectivity index (χ0n) is 14.3. The van der Waals surface area contributed by atoms with Crippen molar-refractivity contribution in [1.29, 1.82) is 0 Å². The number of esters is 1. The van der Waals surface area contributed by atoms with Crippen LogP contribution >= 0.6 is 0 Å². The van der Waals surface area contributed by atoms with Gasteiger partial charge in [-0.25, -0.2) is 0 Å². The number of nitrogens with one attached hydrogen (secondary N) is 1. The number of aromatic nitrogens is 2. The quantitative estimate of drug-likeness (QED) is 0.494. The van der Waals surface area contributed by atoms with E-state index in [0.29, 0.717) is 6.61 Å². The molecule has 0 spiro atoms. The molecule has 0 unspecified atom stereocenters. The zero-order valence-corrected chi connectivity index (χ0v) is 14.3. The van der Waals surface area contributed by atoms with Crippen LogP contribution in [0.25, 0.3) is 0 Å². The number of ether oxygens (including phenoxy) is 1. The Labute approximate surface area is 137 Å². The van der Waals surface area contributed by atoms with Crippen LogP contribution in [-0.2, 0) is 23.0 Å². The van der Waals surface area contributed by atoms with Crippen LogP contribution in [0.1, 0.15) is 25.3 Å². The van der Waals surface area contributed by atoms with Gasteiger partial charge in [-0.05, 0) is 31.7 Å². The second-order valence-electron chi connectivity index (χ2n) is 5.76. The van der Waals surface area contributed by atoms with Gasteiger partial charge in [0, 0.05) is 39.9 Å². The van der Waals surface area contributed by atoms with E-state index in [-0.39, 0.29) is 11.9 Å². The molecule has 1 saturated heterocycles. The number of carbonyl (C=O) groups is 1. The third-order valence-corrected chi connectivity index (χ3v) is 4.08. The molecule has 0 aliphatic carbocycles. The fraction of sp³-hybridized carbons (Fsp3) is 0.688. The lowest BCUT2D eigenvalue weighted by Gasteiger charge is -2.33. The van der Waals surface area contributed by atoms with Gasteiger partial charge < -0.3 is 15.0 Å². The van der Waals surface area contributed by atoms with Gasteiger partial charge in [0.15, 0.2) is 5.96 Å². The van der Waals surface area contributed by atoms with Gasteiger partial charge in [-0.15, -0.1) is 0 Å². The van der Waals surface area contributed by atoms with Crippen LogP contribution in [0.2, 0.25) is 0 Å². The summed E-state index contributed by atoms with van der Waals surface area (Å²) in [5.74, 6) is 0.863. The lowest BCUT2D eigenvalue weighted by molar-refractivity contribution is -0.149. The summed E-state index contributed by atoms with van der Waals surface area (Å²) in [4.78, 5) is 18.3. The Kier molecular flexibility index (Phi) is 6.43. The largest absolute Gasteiger partial charge is 0.466 e. The smallest absolute Gasteiger partial charge is 0.309 e. The van der Waals surface area contributed by atoms with Crippen molar-refractivity contribution < 1.29 is 9.53 Å². The molecule has 0 radical (unpaired) electrons. The molecule has 128 valence electrons. The standard InChI is InChI=1S/C16H27N5O2/c1-4-23-15(22)14-6-9-21(10-7-14)16(17-2)18-8-5-13-11-19-20(3)12-13/h11-12,14H,4-10H2,1-3H3,(H,17,18). The van der Waals surface area contributed by atoms with Crippen LogP contribution in [-0.4, -0.2) is 59.9 Å². The third kappa shape index (κ3) is 4.97. The van der Waals surface area contributed by atoms with Gasteiger partial charge in [0.05, 0.1) is 18.7 Å². The minimum atomic E-state index is -0.0633. The third-order valence-electron chi connectivity index (χ3n) is 4.08. The second-order valence-corrected chi connectivity index (χ2v) is 5.76. The highest BCUT2D eigenvalue weighted by atomic mass is 16.5. The van der Waals surface area contributed by atoms with E-state index in [1.165, 1.54) is 5.56 Å². The van der Waals surface area contributed by atoms with Gasteiger partial charge in [-0.2, -0.15) is 5.10 Å².